The van der Waals surface area contributed by atoms with Gasteiger partial charge in [-0.2, -0.15) is 5.26 Å². The highest BCUT2D eigenvalue weighted by atomic mass is 32.2. The van der Waals surface area contributed by atoms with E-state index in [0.717, 1.165) is 16.7 Å². The molecule has 1 aromatic rings. The number of nitrogens with zero attached hydrogens (tertiary/aromatic N) is 2. The van der Waals surface area contributed by atoms with Gasteiger partial charge in [-0.25, -0.2) is 0 Å². The maximum absolute atomic E-state index is 10.3. The average molecular weight is 206 g/mol. The lowest BCUT2D eigenvalue weighted by Gasteiger charge is -1.92. The lowest BCUT2D eigenvalue weighted by molar-refractivity contribution is -0.417. The lowest BCUT2D eigenvalue weighted by Crippen LogP contribution is -1.93. The smallest absolute Gasteiger partial charge is 0.258 e. The standard InChI is InChI=1S/C9H6N2O2S/c10-6-8(11(12)13)7-14-9-4-2-1-3-5-9/h1-5,7H/b8-7+. The Kier molecular flexibility index (Phi) is 3.70. The van der Waals surface area contributed by atoms with Crippen LogP contribution in [0.1, 0.15) is 0 Å². The lowest BCUT2D eigenvalue weighted by atomic mass is 10.4. The fourth-order valence-corrected chi connectivity index (χ4v) is 1.43. The summed E-state index contributed by atoms with van der Waals surface area (Å²) in [4.78, 5) is 10.4. The SMILES string of the molecule is N#C/C(=C\Sc1ccccc1)[N+](=O)[O-]. The number of allylic oxidation sites excluding steroid dienone is 1. The van der Waals surface area contributed by atoms with Gasteiger partial charge in [-0.05, 0) is 12.1 Å². The molecular weight excluding hydrogens is 200 g/mol. The van der Waals surface area contributed by atoms with E-state index in [9.17, 15) is 10.1 Å². The summed E-state index contributed by atoms with van der Waals surface area (Å²) in [6.07, 6.45) is 0. The molecule has 70 valence electrons. The molecule has 0 aromatic heterocycles. The van der Waals surface area contributed by atoms with Crippen LogP contribution in [-0.4, -0.2) is 4.92 Å². The highest BCUT2D eigenvalue weighted by molar-refractivity contribution is 8.02. The topological polar surface area (TPSA) is 66.9 Å². The summed E-state index contributed by atoms with van der Waals surface area (Å²) in [5.41, 5.74) is -0.446. The van der Waals surface area contributed by atoms with Crippen molar-refractivity contribution in [3.05, 3.63) is 51.6 Å². The van der Waals surface area contributed by atoms with E-state index in [1.54, 1.807) is 0 Å². The van der Waals surface area contributed by atoms with Gasteiger partial charge in [0, 0.05) is 4.90 Å². The van der Waals surface area contributed by atoms with Crippen LogP contribution in [0, 0.1) is 21.4 Å². The molecule has 0 unspecified atom stereocenters. The number of rotatable bonds is 3. The van der Waals surface area contributed by atoms with E-state index in [1.807, 2.05) is 30.3 Å². The van der Waals surface area contributed by atoms with Gasteiger partial charge in [0.1, 0.15) is 0 Å². The molecule has 0 fully saturated rings. The Morgan fingerprint density at radius 1 is 1.50 bits per heavy atom. The Hall–Kier alpha value is -1.80. The average Bonchev–Trinajstić information content (AvgIpc) is 2.20. The summed E-state index contributed by atoms with van der Waals surface area (Å²) < 4.78 is 0. The molecule has 14 heavy (non-hydrogen) atoms. The fourth-order valence-electron chi connectivity index (χ4n) is 0.733. The Morgan fingerprint density at radius 2 is 2.14 bits per heavy atom. The molecule has 4 nitrogen and oxygen atoms in total. The van der Waals surface area contributed by atoms with E-state index in [4.69, 9.17) is 5.26 Å². The molecule has 0 aliphatic rings. The van der Waals surface area contributed by atoms with E-state index in [1.165, 1.54) is 11.5 Å². The van der Waals surface area contributed by atoms with Crippen LogP contribution in [0.5, 0.6) is 0 Å². The van der Waals surface area contributed by atoms with Crippen molar-refractivity contribution in [2.24, 2.45) is 0 Å². The molecule has 0 saturated carbocycles. The van der Waals surface area contributed by atoms with Crippen LogP contribution in [0.2, 0.25) is 0 Å². The monoisotopic (exact) mass is 206 g/mol. The number of thioether (sulfide) groups is 1. The van der Waals surface area contributed by atoms with E-state index >= 15 is 0 Å². The molecule has 0 heterocycles. The molecule has 0 bridgehead atoms. The summed E-state index contributed by atoms with van der Waals surface area (Å²) in [6, 6.07) is 10.7. The summed E-state index contributed by atoms with van der Waals surface area (Å²) in [5.74, 6) is 0. The first kappa shape index (κ1) is 10.3. The Labute approximate surface area is 85.0 Å². The second-order valence-corrected chi connectivity index (χ2v) is 3.25. The minimum absolute atomic E-state index is 0.446. The third-order valence-electron chi connectivity index (χ3n) is 1.36. The normalized spacial score (nSPS) is 10.6. The summed E-state index contributed by atoms with van der Waals surface area (Å²) in [5, 5.41) is 19.9. The van der Waals surface area contributed by atoms with Gasteiger partial charge in [-0.3, -0.25) is 10.1 Å². The molecule has 5 heteroatoms. The molecule has 0 radical (unpaired) electrons. The quantitative estimate of drug-likeness (QED) is 0.329. The van der Waals surface area contributed by atoms with Crippen molar-refractivity contribution >= 4 is 11.8 Å². The number of nitriles is 1. The zero-order valence-corrected chi connectivity index (χ0v) is 7.90. The van der Waals surface area contributed by atoms with Gasteiger partial charge in [0.15, 0.2) is 6.07 Å². The summed E-state index contributed by atoms with van der Waals surface area (Å²) in [7, 11) is 0. The summed E-state index contributed by atoms with van der Waals surface area (Å²) >= 11 is 1.16. The van der Waals surface area contributed by atoms with Gasteiger partial charge in [0.2, 0.25) is 0 Å². The molecule has 0 spiro atoms. The number of hydrogen-bond donors (Lipinski definition) is 0. The molecule has 1 rings (SSSR count). The maximum Gasteiger partial charge on any atom is 0.352 e. The minimum Gasteiger partial charge on any atom is -0.258 e. The molecule has 0 aliphatic heterocycles. The van der Waals surface area contributed by atoms with Gasteiger partial charge >= 0.3 is 5.70 Å². The predicted octanol–water partition coefficient (Wildman–Crippen LogP) is 2.42. The van der Waals surface area contributed by atoms with E-state index in [-0.39, 0.29) is 0 Å². The first-order valence-electron chi connectivity index (χ1n) is 3.70. The molecule has 1 aromatic carbocycles. The molecular formula is C9H6N2O2S. The third kappa shape index (κ3) is 2.92. The maximum atomic E-state index is 10.3. The van der Waals surface area contributed by atoms with E-state index in [0.29, 0.717) is 0 Å². The molecule has 0 saturated heterocycles. The van der Waals surface area contributed by atoms with Crippen LogP contribution in [0.15, 0.2) is 46.3 Å². The van der Waals surface area contributed by atoms with Crippen molar-refractivity contribution in [2.75, 3.05) is 0 Å². The Bertz CT molecular complexity index is 395. The minimum atomic E-state index is -0.698. The zero-order valence-electron chi connectivity index (χ0n) is 7.08. The van der Waals surface area contributed by atoms with Gasteiger partial charge in [0.05, 0.1) is 10.3 Å². The van der Waals surface area contributed by atoms with Crippen molar-refractivity contribution in [2.45, 2.75) is 4.90 Å². The second-order valence-electron chi connectivity index (χ2n) is 2.30. The van der Waals surface area contributed by atoms with E-state index in [2.05, 4.69) is 0 Å². The number of nitro groups is 1. The van der Waals surface area contributed by atoms with Crippen LogP contribution < -0.4 is 0 Å². The Balaban J connectivity index is 2.73. The third-order valence-corrected chi connectivity index (χ3v) is 2.25. The van der Waals surface area contributed by atoms with Crippen LogP contribution in [0.25, 0.3) is 0 Å². The van der Waals surface area contributed by atoms with Crippen LogP contribution >= 0.6 is 11.8 Å². The van der Waals surface area contributed by atoms with Crippen molar-refractivity contribution in [1.29, 1.82) is 5.26 Å². The van der Waals surface area contributed by atoms with Gasteiger partial charge in [0.25, 0.3) is 0 Å². The zero-order chi connectivity index (χ0) is 10.4. The predicted molar refractivity (Wildman–Crippen MR) is 53.0 cm³/mol. The highest BCUT2D eigenvalue weighted by Gasteiger charge is 2.07. The van der Waals surface area contributed by atoms with Gasteiger partial charge in [-0.1, -0.05) is 30.0 Å². The summed E-state index contributed by atoms with van der Waals surface area (Å²) in [6.45, 7) is 0. The second kappa shape index (κ2) is 5.04. The van der Waals surface area contributed by atoms with Crippen molar-refractivity contribution in [1.82, 2.24) is 0 Å². The first-order valence-corrected chi connectivity index (χ1v) is 4.58. The molecule has 0 amide bonds. The molecule has 0 atom stereocenters. The highest BCUT2D eigenvalue weighted by Crippen LogP contribution is 2.19. The van der Waals surface area contributed by atoms with Crippen LogP contribution in [0.4, 0.5) is 0 Å². The van der Waals surface area contributed by atoms with Crippen molar-refractivity contribution in [3.63, 3.8) is 0 Å². The van der Waals surface area contributed by atoms with Gasteiger partial charge < -0.3 is 0 Å². The van der Waals surface area contributed by atoms with Crippen LogP contribution in [-0.2, 0) is 0 Å². The molecule has 0 N–H and O–H groups in total. The fraction of sp³-hybridized carbons (Fsp3) is 0. The molecule has 0 aliphatic carbocycles. The van der Waals surface area contributed by atoms with E-state index < -0.39 is 10.6 Å². The largest absolute Gasteiger partial charge is 0.352 e. The Morgan fingerprint density at radius 3 is 2.64 bits per heavy atom. The van der Waals surface area contributed by atoms with Gasteiger partial charge in [-0.15, -0.1) is 0 Å². The van der Waals surface area contributed by atoms with Crippen molar-refractivity contribution < 1.29 is 4.92 Å². The first-order chi connectivity index (χ1) is 6.74. The number of hydrogen-bond acceptors (Lipinski definition) is 4. The number of benzene rings is 1. The van der Waals surface area contributed by atoms with Crippen molar-refractivity contribution in [3.8, 4) is 6.07 Å². The van der Waals surface area contributed by atoms with Crippen LogP contribution in [0.3, 0.4) is 0 Å².